The van der Waals surface area contributed by atoms with Crippen LogP contribution in [0.15, 0.2) is 72.9 Å². The molecule has 1 amide bonds. The Balaban J connectivity index is 1.73. The molecule has 0 aliphatic heterocycles. The fourth-order valence-electron chi connectivity index (χ4n) is 2.97. The monoisotopic (exact) mass is 362 g/mol. The molecule has 27 heavy (non-hydrogen) atoms. The molecule has 1 unspecified atom stereocenters. The van der Waals surface area contributed by atoms with Crippen LogP contribution in [0.4, 0.5) is 0 Å². The van der Waals surface area contributed by atoms with Crippen LogP contribution in [-0.2, 0) is 11.3 Å². The molecular formula is C22H22N2O3. The summed E-state index contributed by atoms with van der Waals surface area (Å²) in [4.78, 5) is 25.4. The molecule has 5 nitrogen and oxygen atoms in total. The predicted molar refractivity (Wildman–Crippen MR) is 104 cm³/mol. The Kier molecular flexibility index (Phi) is 5.71. The first kappa shape index (κ1) is 18.5. The minimum Gasteiger partial charge on any atom is -0.496 e. The van der Waals surface area contributed by atoms with Crippen molar-refractivity contribution >= 4 is 11.7 Å². The average Bonchev–Trinajstić information content (AvgIpc) is 3.21. The van der Waals surface area contributed by atoms with Crippen molar-refractivity contribution in [2.75, 3.05) is 7.11 Å². The highest BCUT2D eigenvalue weighted by molar-refractivity contribution is 6.08. The first-order valence-electron chi connectivity index (χ1n) is 8.78. The standard InChI is InChI=1S/C22H22N2O3/c1-16(22(26)23-15-18-11-6-7-13-20(18)27-2)24-14-8-12-19(24)21(25)17-9-4-3-5-10-17/h3-14,16H,15H2,1-2H3,(H,23,26). The van der Waals surface area contributed by atoms with E-state index in [9.17, 15) is 9.59 Å². The second kappa shape index (κ2) is 8.36. The van der Waals surface area contributed by atoms with Gasteiger partial charge in [0.05, 0.1) is 12.8 Å². The Labute approximate surface area is 158 Å². The predicted octanol–water partition coefficient (Wildman–Crippen LogP) is 3.61. The van der Waals surface area contributed by atoms with Crippen LogP contribution in [0.5, 0.6) is 5.75 Å². The number of hydrogen-bond donors (Lipinski definition) is 1. The van der Waals surface area contributed by atoms with E-state index in [-0.39, 0.29) is 11.7 Å². The highest BCUT2D eigenvalue weighted by Gasteiger charge is 2.21. The van der Waals surface area contributed by atoms with Gasteiger partial charge in [0.25, 0.3) is 0 Å². The number of carbonyl (C=O) groups excluding carboxylic acids is 2. The Morgan fingerprint density at radius 1 is 1.00 bits per heavy atom. The van der Waals surface area contributed by atoms with Crippen LogP contribution >= 0.6 is 0 Å². The van der Waals surface area contributed by atoms with Gasteiger partial charge in [0.2, 0.25) is 11.7 Å². The highest BCUT2D eigenvalue weighted by Crippen LogP contribution is 2.19. The summed E-state index contributed by atoms with van der Waals surface area (Å²) in [5.74, 6) is 0.454. The van der Waals surface area contributed by atoms with Gasteiger partial charge in [-0.05, 0) is 25.1 Å². The van der Waals surface area contributed by atoms with Crippen molar-refractivity contribution in [2.45, 2.75) is 19.5 Å². The van der Waals surface area contributed by atoms with Crippen LogP contribution in [0.3, 0.4) is 0 Å². The molecule has 1 aromatic heterocycles. The molecule has 0 saturated carbocycles. The summed E-state index contributed by atoms with van der Waals surface area (Å²) in [6, 6.07) is 19.6. The van der Waals surface area contributed by atoms with E-state index in [1.807, 2.05) is 42.5 Å². The van der Waals surface area contributed by atoms with Crippen molar-refractivity contribution in [3.63, 3.8) is 0 Å². The molecule has 0 spiro atoms. The van der Waals surface area contributed by atoms with Gasteiger partial charge in [-0.3, -0.25) is 9.59 Å². The van der Waals surface area contributed by atoms with Crippen molar-refractivity contribution in [1.82, 2.24) is 9.88 Å². The summed E-state index contributed by atoms with van der Waals surface area (Å²) in [7, 11) is 1.60. The quantitative estimate of drug-likeness (QED) is 0.653. The normalized spacial score (nSPS) is 11.6. The summed E-state index contributed by atoms with van der Waals surface area (Å²) in [5.41, 5.74) is 1.98. The minimum absolute atomic E-state index is 0.107. The molecule has 5 heteroatoms. The molecule has 1 atom stereocenters. The lowest BCUT2D eigenvalue weighted by Gasteiger charge is -2.17. The number of nitrogens with zero attached hydrogens (tertiary/aromatic N) is 1. The van der Waals surface area contributed by atoms with Crippen molar-refractivity contribution in [3.8, 4) is 5.75 Å². The molecular weight excluding hydrogens is 340 g/mol. The number of ether oxygens (including phenoxy) is 1. The van der Waals surface area contributed by atoms with Crippen LogP contribution in [0.25, 0.3) is 0 Å². The first-order valence-corrected chi connectivity index (χ1v) is 8.78. The molecule has 0 aliphatic rings. The van der Waals surface area contributed by atoms with E-state index >= 15 is 0 Å². The molecule has 0 fully saturated rings. The highest BCUT2D eigenvalue weighted by atomic mass is 16.5. The number of aromatic nitrogens is 1. The van der Waals surface area contributed by atoms with Gasteiger partial charge in [-0.2, -0.15) is 0 Å². The third-order valence-electron chi connectivity index (χ3n) is 4.49. The summed E-state index contributed by atoms with van der Waals surface area (Å²) in [6.45, 7) is 2.13. The third kappa shape index (κ3) is 4.08. The summed E-state index contributed by atoms with van der Waals surface area (Å²) in [5, 5.41) is 2.92. The fraction of sp³-hybridized carbons (Fsp3) is 0.182. The zero-order chi connectivity index (χ0) is 19.2. The summed E-state index contributed by atoms with van der Waals surface area (Å²) < 4.78 is 7.01. The number of para-hydroxylation sites is 1. The van der Waals surface area contributed by atoms with Crippen molar-refractivity contribution in [1.29, 1.82) is 0 Å². The van der Waals surface area contributed by atoms with Crippen molar-refractivity contribution < 1.29 is 14.3 Å². The van der Waals surface area contributed by atoms with Crippen LogP contribution < -0.4 is 10.1 Å². The van der Waals surface area contributed by atoms with Gasteiger partial charge >= 0.3 is 0 Å². The molecule has 0 radical (unpaired) electrons. The van der Waals surface area contributed by atoms with Crippen LogP contribution in [0.1, 0.15) is 34.6 Å². The number of benzene rings is 2. The third-order valence-corrected chi connectivity index (χ3v) is 4.49. The van der Waals surface area contributed by atoms with Gasteiger partial charge < -0.3 is 14.6 Å². The van der Waals surface area contributed by atoms with Gasteiger partial charge in [-0.1, -0.05) is 48.5 Å². The molecule has 0 saturated heterocycles. The number of nitrogens with one attached hydrogen (secondary N) is 1. The number of hydrogen-bond acceptors (Lipinski definition) is 3. The molecule has 1 heterocycles. The molecule has 0 bridgehead atoms. The maximum atomic E-state index is 12.7. The molecule has 3 rings (SSSR count). The fourth-order valence-corrected chi connectivity index (χ4v) is 2.97. The van der Waals surface area contributed by atoms with E-state index in [1.165, 1.54) is 0 Å². The number of carbonyl (C=O) groups is 2. The summed E-state index contributed by atoms with van der Waals surface area (Å²) >= 11 is 0. The van der Waals surface area contributed by atoms with E-state index < -0.39 is 6.04 Å². The number of rotatable bonds is 7. The number of ketones is 1. The average molecular weight is 362 g/mol. The molecule has 1 N–H and O–H groups in total. The Morgan fingerprint density at radius 2 is 1.70 bits per heavy atom. The Bertz CT molecular complexity index is 931. The lowest BCUT2D eigenvalue weighted by Crippen LogP contribution is -2.31. The molecule has 3 aromatic rings. The van der Waals surface area contributed by atoms with Gasteiger partial charge in [-0.25, -0.2) is 0 Å². The largest absolute Gasteiger partial charge is 0.496 e. The van der Waals surface area contributed by atoms with Gasteiger partial charge in [0, 0.05) is 23.9 Å². The van der Waals surface area contributed by atoms with Crippen molar-refractivity contribution in [3.05, 3.63) is 89.7 Å². The van der Waals surface area contributed by atoms with Crippen LogP contribution in [0.2, 0.25) is 0 Å². The van der Waals surface area contributed by atoms with Gasteiger partial charge in [0.15, 0.2) is 0 Å². The van der Waals surface area contributed by atoms with Crippen LogP contribution in [-0.4, -0.2) is 23.4 Å². The SMILES string of the molecule is COc1ccccc1CNC(=O)C(C)n1cccc1C(=O)c1ccccc1. The Hall–Kier alpha value is -3.34. The summed E-state index contributed by atoms with van der Waals surface area (Å²) in [6.07, 6.45) is 1.75. The van der Waals surface area contributed by atoms with E-state index in [4.69, 9.17) is 4.74 Å². The molecule has 138 valence electrons. The Morgan fingerprint density at radius 3 is 2.44 bits per heavy atom. The zero-order valence-corrected chi connectivity index (χ0v) is 15.4. The van der Waals surface area contributed by atoms with Crippen LogP contribution in [0, 0.1) is 0 Å². The number of methoxy groups -OCH3 is 1. The second-order valence-corrected chi connectivity index (χ2v) is 6.20. The van der Waals surface area contributed by atoms with E-state index in [0.717, 1.165) is 11.3 Å². The first-order chi connectivity index (χ1) is 13.1. The molecule has 2 aromatic carbocycles. The zero-order valence-electron chi connectivity index (χ0n) is 15.4. The second-order valence-electron chi connectivity index (χ2n) is 6.20. The maximum Gasteiger partial charge on any atom is 0.243 e. The number of amides is 1. The van der Waals surface area contributed by atoms with Gasteiger partial charge in [-0.15, -0.1) is 0 Å². The van der Waals surface area contributed by atoms with E-state index in [2.05, 4.69) is 5.32 Å². The van der Waals surface area contributed by atoms with E-state index in [0.29, 0.717) is 17.8 Å². The van der Waals surface area contributed by atoms with Crippen molar-refractivity contribution in [2.24, 2.45) is 0 Å². The van der Waals surface area contributed by atoms with E-state index in [1.54, 1.807) is 49.1 Å². The lowest BCUT2D eigenvalue weighted by atomic mass is 10.1. The lowest BCUT2D eigenvalue weighted by molar-refractivity contribution is -0.124. The van der Waals surface area contributed by atoms with Gasteiger partial charge in [0.1, 0.15) is 11.8 Å². The molecule has 0 aliphatic carbocycles. The smallest absolute Gasteiger partial charge is 0.243 e. The minimum atomic E-state index is -0.516. The maximum absolute atomic E-state index is 12.7. The topological polar surface area (TPSA) is 60.3 Å².